The minimum absolute atomic E-state index is 0.0142. The highest BCUT2D eigenvalue weighted by Gasteiger charge is 2.54. The van der Waals surface area contributed by atoms with E-state index in [4.69, 9.17) is 4.74 Å². The van der Waals surface area contributed by atoms with E-state index in [1.807, 2.05) is 0 Å². The molecule has 0 spiro atoms. The molecule has 9 heteroatoms. The molecule has 0 saturated carbocycles. The molecule has 27 heavy (non-hydrogen) atoms. The topological polar surface area (TPSA) is 73.3 Å². The lowest BCUT2D eigenvalue weighted by Crippen LogP contribution is -2.43. The zero-order chi connectivity index (χ0) is 19.7. The Morgan fingerprint density at radius 3 is 2.56 bits per heavy atom. The number of halogens is 1. The SMILES string of the molecule is CN(C)S(=O)(=O)N1C[C@@H]2CN(CCCOc3ccc(F)cc3)C[C@]2(CO)C1. The van der Waals surface area contributed by atoms with E-state index < -0.39 is 10.2 Å². The average Bonchev–Trinajstić information content (AvgIpc) is 3.15. The molecule has 0 aromatic heterocycles. The van der Waals surface area contributed by atoms with Gasteiger partial charge in [-0.15, -0.1) is 0 Å². The summed E-state index contributed by atoms with van der Waals surface area (Å²) in [5.74, 6) is 0.492. The number of likely N-dealkylation sites (tertiary alicyclic amines) is 1. The van der Waals surface area contributed by atoms with Gasteiger partial charge in [-0.2, -0.15) is 17.0 Å². The number of hydrogen-bond acceptors (Lipinski definition) is 5. The van der Waals surface area contributed by atoms with Crippen molar-refractivity contribution >= 4 is 10.2 Å². The van der Waals surface area contributed by atoms with Gasteiger partial charge in [-0.1, -0.05) is 0 Å². The molecular weight excluding hydrogens is 373 g/mol. The van der Waals surface area contributed by atoms with E-state index in [0.29, 0.717) is 32.0 Å². The molecular formula is C18H28FN3O4S. The smallest absolute Gasteiger partial charge is 0.281 e. The highest BCUT2D eigenvalue weighted by atomic mass is 32.2. The third kappa shape index (κ3) is 4.27. The third-order valence-electron chi connectivity index (χ3n) is 5.60. The summed E-state index contributed by atoms with van der Waals surface area (Å²) in [6, 6.07) is 5.96. The first-order valence-corrected chi connectivity index (χ1v) is 10.6. The summed E-state index contributed by atoms with van der Waals surface area (Å²) in [5.41, 5.74) is -0.388. The number of fused-ring (bicyclic) bond motifs is 1. The van der Waals surface area contributed by atoms with Crippen molar-refractivity contribution in [2.45, 2.75) is 6.42 Å². The fourth-order valence-corrected chi connectivity index (χ4v) is 5.30. The zero-order valence-corrected chi connectivity index (χ0v) is 16.7. The number of hydrogen-bond donors (Lipinski definition) is 1. The maximum absolute atomic E-state index is 12.9. The van der Waals surface area contributed by atoms with Gasteiger partial charge in [-0.05, 0) is 36.6 Å². The normalized spacial score (nSPS) is 26.6. The molecule has 0 aliphatic carbocycles. The van der Waals surface area contributed by atoms with Crippen LogP contribution in [0.1, 0.15) is 6.42 Å². The summed E-state index contributed by atoms with van der Waals surface area (Å²) in [6.45, 7) is 3.60. The van der Waals surface area contributed by atoms with E-state index in [1.54, 1.807) is 12.1 Å². The van der Waals surface area contributed by atoms with E-state index in [2.05, 4.69) is 4.90 Å². The standard InChI is InChI=1S/C18H28FN3O4S/c1-20(2)27(24,25)22-11-15-10-21(12-18(15,13-22)14-23)8-3-9-26-17-6-4-16(19)5-7-17/h4-7,15,23H,3,8-14H2,1-2H3/t15-,18+/m0/s1. The fraction of sp³-hybridized carbons (Fsp3) is 0.667. The number of aliphatic hydroxyl groups is 1. The van der Waals surface area contributed by atoms with E-state index >= 15 is 0 Å². The molecule has 0 amide bonds. The summed E-state index contributed by atoms with van der Waals surface area (Å²) in [5, 5.41) is 9.99. The highest BCUT2D eigenvalue weighted by molar-refractivity contribution is 7.86. The molecule has 2 heterocycles. The lowest BCUT2D eigenvalue weighted by molar-refractivity contribution is 0.118. The van der Waals surface area contributed by atoms with Gasteiger partial charge in [0.25, 0.3) is 10.2 Å². The van der Waals surface area contributed by atoms with Crippen LogP contribution in [0.5, 0.6) is 5.75 Å². The molecule has 1 aromatic rings. The second-order valence-corrected chi connectivity index (χ2v) is 9.83. The Morgan fingerprint density at radius 2 is 1.96 bits per heavy atom. The largest absolute Gasteiger partial charge is 0.494 e. The lowest BCUT2D eigenvalue weighted by atomic mass is 9.82. The monoisotopic (exact) mass is 401 g/mol. The minimum Gasteiger partial charge on any atom is -0.494 e. The Morgan fingerprint density at radius 1 is 1.26 bits per heavy atom. The van der Waals surface area contributed by atoms with Gasteiger partial charge >= 0.3 is 0 Å². The van der Waals surface area contributed by atoms with Crippen LogP contribution in [-0.2, 0) is 10.2 Å². The van der Waals surface area contributed by atoms with E-state index in [1.165, 1.54) is 34.8 Å². The van der Waals surface area contributed by atoms with E-state index in [9.17, 15) is 17.9 Å². The second kappa shape index (κ2) is 8.00. The zero-order valence-electron chi connectivity index (χ0n) is 15.8. The molecule has 152 valence electrons. The van der Waals surface area contributed by atoms with Crippen LogP contribution in [0.15, 0.2) is 24.3 Å². The second-order valence-electron chi connectivity index (χ2n) is 7.69. The van der Waals surface area contributed by atoms with Crippen molar-refractivity contribution in [3.05, 3.63) is 30.1 Å². The average molecular weight is 402 g/mol. The molecule has 2 fully saturated rings. The number of benzene rings is 1. The first-order valence-electron chi connectivity index (χ1n) is 9.16. The summed E-state index contributed by atoms with van der Waals surface area (Å²) in [7, 11) is -0.388. The van der Waals surface area contributed by atoms with Crippen LogP contribution in [0.4, 0.5) is 4.39 Å². The van der Waals surface area contributed by atoms with Crippen molar-refractivity contribution in [3.8, 4) is 5.75 Å². The maximum Gasteiger partial charge on any atom is 0.281 e. The Labute approximate surface area is 160 Å². The molecule has 2 aliphatic rings. The molecule has 1 N–H and O–H groups in total. The van der Waals surface area contributed by atoms with Gasteiger partial charge in [-0.25, -0.2) is 4.39 Å². The van der Waals surface area contributed by atoms with Crippen LogP contribution in [-0.4, -0.2) is 87.1 Å². The third-order valence-corrected chi connectivity index (χ3v) is 7.46. The molecule has 2 aliphatic heterocycles. The summed E-state index contributed by atoms with van der Waals surface area (Å²) in [6.07, 6.45) is 0.811. The summed E-state index contributed by atoms with van der Waals surface area (Å²) < 4.78 is 46.0. The molecule has 2 atom stereocenters. The Kier molecular flexibility index (Phi) is 6.07. The number of rotatable bonds is 8. The van der Waals surface area contributed by atoms with Crippen LogP contribution in [0, 0.1) is 17.2 Å². The lowest BCUT2D eigenvalue weighted by Gasteiger charge is -2.28. The molecule has 7 nitrogen and oxygen atoms in total. The summed E-state index contributed by atoms with van der Waals surface area (Å²) in [4.78, 5) is 2.27. The van der Waals surface area contributed by atoms with Crippen LogP contribution < -0.4 is 4.74 Å². The fourth-order valence-electron chi connectivity index (χ4n) is 4.05. The van der Waals surface area contributed by atoms with Gasteiger partial charge in [0.1, 0.15) is 11.6 Å². The molecule has 3 rings (SSSR count). The molecule has 2 saturated heterocycles. The minimum atomic E-state index is -3.45. The summed E-state index contributed by atoms with van der Waals surface area (Å²) >= 11 is 0. The number of aliphatic hydroxyl groups excluding tert-OH is 1. The maximum atomic E-state index is 12.9. The van der Waals surface area contributed by atoms with Gasteiger partial charge in [0.2, 0.25) is 0 Å². The van der Waals surface area contributed by atoms with Gasteiger partial charge < -0.3 is 14.7 Å². The van der Waals surface area contributed by atoms with Crippen molar-refractivity contribution in [2.75, 3.05) is 60.0 Å². The number of ether oxygens (including phenoxy) is 1. The van der Waals surface area contributed by atoms with Crippen molar-refractivity contribution in [1.29, 1.82) is 0 Å². The molecule has 1 aromatic carbocycles. The van der Waals surface area contributed by atoms with Crippen LogP contribution in [0.2, 0.25) is 0 Å². The molecule has 0 radical (unpaired) electrons. The number of nitrogens with zero attached hydrogens (tertiary/aromatic N) is 3. The quantitative estimate of drug-likeness (QED) is 0.647. The van der Waals surface area contributed by atoms with Crippen molar-refractivity contribution in [3.63, 3.8) is 0 Å². The van der Waals surface area contributed by atoms with Crippen molar-refractivity contribution in [1.82, 2.24) is 13.5 Å². The predicted octanol–water partition coefficient (Wildman–Crippen LogP) is 0.627. The van der Waals surface area contributed by atoms with Crippen LogP contribution in [0.3, 0.4) is 0 Å². The Hall–Kier alpha value is -1.26. The van der Waals surface area contributed by atoms with E-state index in [-0.39, 0.29) is 23.8 Å². The van der Waals surface area contributed by atoms with Crippen LogP contribution in [0.25, 0.3) is 0 Å². The Bertz CT molecular complexity index is 743. The van der Waals surface area contributed by atoms with Gasteiger partial charge in [-0.3, -0.25) is 0 Å². The highest BCUT2D eigenvalue weighted by Crippen LogP contribution is 2.43. The predicted molar refractivity (Wildman–Crippen MR) is 100 cm³/mol. The van der Waals surface area contributed by atoms with Crippen LogP contribution >= 0.6 is 0 Å². The van der Waals surface area contributed by atoms with Gasteiger partial charge in [0.15, 0.2) is 0 Å². The van der Waals surface area contributed by atoms with E-state index in [0.717, 1.165) is 19.5 Å². The first-order chi connectivity index (χ1) is 12.8. The molecule has 0 bridgehead atoms. The first kappa shape index (κ1) is 20.5. The van der Waals surface area contributed by atoms with Crippen molar-refractivity contribution < 1.29 is 22.7 Å². The van der Waals surface area contributed by atoms with Gasteiger partial charge in [0, 0.05) is 52.2 Å². The van der Waals surface area contributed by atoms with Gasteiger partial charge in [0.05, 0.1) is 13.2 Å². The van der Waals surface area contributed by atoms with Crippen molar-refractivity contribution in [2.24, 2.45) is 11.3 Å². The molecule has 0 unspecified atom stereocenters. The Balaban J connectivity index is 1.49.